The van der Waals surface area contributed by atoms with Gasteiger partial charge < -0.3 is 5.32 Å². The number of nitrogens with zero attached hydrogens (tertiary/aromatic N) is 3. The number of hydrogen-bond acceptors (Lipinski definition) is 5. The summed E-state index contributed by atoms with van der Waals surface area (Å²) in [6, 6.07) is 11.7. The van der Waals surface area contributed by atoms with Crippen molar-refractivity contribution >= 4 is 37.8 Å². The lowest BCUT2D eigenvalue weighted by Gasteiger charge is -2.09. The summed E-state index contributed by atoms with van der Waals surface area (Å²) in [4.78, 5) is 20.0. The molecule has 2 N–H and O–H groups in total. The van der Waals surface area contributed by atoms with E-state index >= 15 is 0 Å². The summed E-state index contributed by atoms with van der Waals surface area (Å²) in [6.07, 6.45) is 4.99. The number of rotatable bonds is 2. The molecule has 2 aromatic heterocycles. The Bertz CT molecular complexity index is 1130. The molecule has 7 heteroatoms. The van der Waals surface area contributed by atoms with Crippen molar-refractivity contribution in [2.45, 2.75) is 0 Å². The Kier molecular flexibility index (Phi) is 4.03. The fourth-order valence-corrected chi connectivity index (χ4v) is 4.32. The van der Waals surface area contributed by atoms with Gasteiger partial charge in [-0.2, -0.15) is 5.26 Å². The Morgan fingerprint density at radius 1 is 1.31 bits per heavy atom. The van der Waals surface area contributed by atoms with Gasteiger partial charge in [-0.05, 0) is 29.1 Å². The average Bonchev–Trinajstić information content (AvgIpc) is 2.98. The number of fused-ring (bicyclic) bond motifs is 1. The van der Waals surface area contributed by atoms with Crippen molar-refractivity contribution in [3.05, 3.63) is 60.0 Å². The van der Waals surface area contributed by atoms with Crippen LogP contribution >= 0.6 is 10.5 Å². The van der Waals surface area contributed by atoms with Crippen molar-refractivity contribution in [3.8, 4) is 17.2 Å². The zero-order valence-corrected chi connectivity index (χ0v) is 14.4. The van der Waals surface area contributed by atoms with Crippen LogP contribution in [0.3, 0.4) is 0 Å². The summed E-state index contributed by atoms with van der Waals surface area (Å²) in [5.74, 6) is 0.183. The Labute approximate surface area is 152 Å². The van der Waals surface area contributed by atoms with Crippen LogP contribution in [-0.4, -0.2) is 32.2 Å². The van der Waals surface area contributed by atoms with Crippen molar-refractivity contribution in [2.24, 2.45) is 0 Å². The number of nitrogens with one attached hydrogen (secondary N) is 2. The van der Waals surface area contributed by atoms with Gasteiger partial charge in [-0.25, -0.2) is 0 Å². The maximum Gasteiger partial charge on any atom is 0.235 e. The second kappa shape index (κ2) is 6.50. The van der Waals surface area contributed by atoms with E-state index in [1.54, 1.807) is 18.6 Å². The molecule has 1 saturated heterocycles. The van der Waals surface area contributed by atoms with E-state index in [0.717, 1.165) is 27.6 Å². The normalized spacial score (nSPS) is 16.7. The van der Waals surface area contributed by atoms with E-state index in [1.165, 1.54) is 0 Å². The zero-order valence-electron chi connectivity index (χ0n) is 13.6. The topological polar surface area (TPSA) is 103 Å². The summed E-state index contributed by atoms with van der Waals surface area (Å²) in [5.41, 5.74) is 3.79. The first-order valence-corrected chi connectivity index (χ1v) is 9.27. The van der Waals surface area contributed by atoms with Crippen molar-refractivity contribution < 1.29 is 4.79 Å². The van der Waals surface area contributed by atoms with E-state index < -0.39 is 10.5 Å². The SMILES string of the molecule is N#Cc1cnc2ccc(/C=S3/CC(=O)NC3=N)cc2c1-c1cccnc1. The molecule has 0 aliphatic carbocycles. The minimum atomic E-state index is -0.554. The molecular formula is C19H13N5OS. The fourth-order valence-electron chi connectivity index (χ4n) is 2.90. The number of amides is 1. The van der Waals surface area contributed by atoms with E-state index in [4.69, 9.17) is 5.41 Å². The van der Waals surface area contributed by atoms with Gasteiger partial charge in [0.1, 0.15) is 6.07 Å². The van der Waals surface area contributed by atoms with E-state index in [9.17, 15) is 10.1 Å². The van der Waals surface area contributed by atoms with E-state index in [0.29, 0.717) is 11.3 Å². The van der Waals surface area contributed by atoms with Gasteiger partial charge >= 0.3 is 0 Å². The Morgan fingerprint density at radius 3 is 2.88 bits per heavy atom. The molecular weight excluding hydrogens is 346 g/mol. The highest BCUT2D eigenvalue weighted by molar-refractivity contribution is 8.29. The molecule has 1 amide bonds. The van der Waals surface area contributed by atoms with Crippen molar-refractivity contribution in [1.82, 2.24) is 15.3 Å². The van der Waals surface area contributed by atoms with Gasteiger partial charge in [0.25, 0.3) is 0 Å². The number of hydrogen-bond donors (Lipinski definition) is 2. The lowest BCUT2D eigenvalue weighted by molar-refractivity contribution is -0.116. The Morgan fingerprint density at radius 2 is 2.19 bits per heavy atom. The highest BCUT2D eigenvalue weighted by Gasteiger charge is 2.19. The molecule has 3 aromatic rings. The third-order valence-corrected chi connectivity index (χ3v) is 5.80. The number of benzene rings is 1. The Hall–Kier alpha value is -3.37. The van der Waals surface area contributed by atoms with Crippen LogP contribution in [0.25, 0.3) is 22.0 Å². The van der Waals surface area contributed by atoms with Gasteiger partial charge in [-0.15, -0.1) is 10.5 Å². The summed E-state index contributed by atoms with van der Waals surface area (Å²) >= 11 is 0. The second-order valence-corrected chi connectivity index (χ2v) is 7.54. The predicted octanol–water partition coefficient (Wildman–Crippen LogP) is 2.65. The first kappa shape index (κ1) is 16.1. The molecule has 0 saturated carbocycles. The quantitative estimate of drug-likeness (QED) is 0.687. The zero-order chi connectivity index (χ0) is 18.1. The van der Waals surface area contributed by atoms with Crippen LogP contribution in [0, 0.1) is 16.7 Å². The first-order chi connectivity index (χ1) is 12.7. The smallest absolute Gasteiger partial charge is 0.235 e. The van der Waals surface area contributed by atoms with Crippen molar-refractivity contribution in [1.29, 1.82) is 10.7 Å². The molecule has 126 valence electrons. The summed E-state index contributed by atoms with van der Waals surface area (Å²) < 4.78 is 0. The molecule has 3 heterocycles. The van der Waals surface area contributed by atoms with Gasteiger partial charge in [-0.3, -0.25) is 20.2 Å². The Balaban J connectivity index is 1.93. The first-order valence-electron chi connectivity index (χ1n) is 7.82. The lowest BCUT2D eigenvalue weighted by Crippen LogP contribution is -2.19. The molecule has 1 unspecified atom stereocenters. The highest BCUT2D eigenvalue weighted by atomic mass is 32.2. The van der Waals surface area contributed by atoms with Crippen LogP contribution in [0.15, 0.2) is 48.9 Å². The number of amidine groups is 1. The highest BCUT2D eigenvalue weighted by Crippen LogP contribution is 2.31. The van der Waals surface area contributed by atoms with Gasteiger partial charge in [0.2, 0.25) is 5.91 Å². The summed E-state index contributed by atoms with van der Waals surface area (Å²) in [5, 5.41) is 22.9. The average molecular weight is 359 g/mol. The molecule has 0 radical (unpaired) electrons. The van der Waals surface area contributed by atoms with Gasteiger partial charge in [0.05, 0.1) is 16.8 Å². The molecule has 1 atom stereocenters. The van der Waals surface area contributed by atoms with Crippen LogP contribution < -0.4 is 5.32 Å². The lowest BCUT2D eigenvalue weighted by atomic mass is 9.97. The molecule has 1 aromatic carbocycles. The molecule has 1 fully saturated rings. The maximum atomic E-state index is 11.5. The van der Waals surface area contributed by atoms with Crippen LogP contribution in [0.2, 0.25) is 0 Å². The number of pyridine rings is 2. The standard InChI is InChI=1S/C19H13N5OS/c20-7-14-9-23-16-4-3-12(10-26-11-17(25)24-19(26)21)6-15(16)18(14)13-2-1-5-22-8-13/h1-6,8-10H,11H2,(H2,21,24,25). The van der Waals surface area contributed by atoms with Crippen molar-refractivity contribution in [3.63, 3.8) is 0 Å². The van der Waals surface area contributed by atoms with Gasteiger partial charge in [-0.1, -0.05) is 12.1 Å². The summed E-state index contributed by atoms with van der Waals surface area (Å²) in [6.45, 7) is 0. The van der Waals surface area contributed by atoms with E-state index in [1.807, 2.05) is 35.7 Å². The molecule has 26 heavy (non-hydrogen) atoms. The third kappa shape index (κ3) is 2.87. The molecule has 1 aliphatic heterocycles. The van der Waals surface area contributed by atoms with Gasteiger partial charge in [0, 0.05) is 35.1 Å². The fraction of sp³-hybridized carbons (Fsp3) is 0.0526. The molecule has 6 nitrogen and oxygen atoms in total. The number of carbonyl (C=O) groups excluding carboxylic acids is 1. The van der Waals surface area contributed by atoms with E-state index in [2.05, 4.69) is 21.4 Å². The van der Waals surface area contributed by atoms with Crippen LogP contribution in [0.4, 0.5) is 0 Å². The summed E-state index contributed by atoms with van der Waals surface area (Å²) in [7, 11) is -0.554. The van der Waals surface area contributed by atoms with Crippen LogP contribution in [-0.2, 0) is 4.79 Å². The minimum absolute atomic E-state index is 0.125. The maximum absolute atomic E-state index is 11.5. The second-order valence-electron chi connectivity index (χ2n) is 5.75. The minimum Gasteiger partial charge on any atom is -0.305 e. The largest absolute Gasteiger partial charge is 0.305 e. The monoisotopic (exact) mass is 359 g/mol. The van der Waals surface area contributed by atoms with Gasteiger partial charge in [0.15, 0.2) is 5.17 Å². The van der Waals surface area contributed by atoms with Crippen LogP contribution in [0.1, 0.15) is 11.1 Å². The number of carbonyl (C=O) groups is 1. The van der Waals surface area contributed by atoms with Crippen LogP contribution in [0.5, 0.6) is 0 Å². The molecule has 0 spiro atoms. The molecule has 4 rings (SSSR count). The predicted molar refractivity (Wildman–Crippen MR) is 103 cm³/mol. The third-order valence-electron chi connectivity index (χ3n) is 4.04. The van der Waals surface area contributed by atoms with Crippen molar-refractivity contribution in [2.75, 3.05) is 5.75 Å². The number of aromatic nitrogens is 2. The molecule has 0 bridgehead atoms. The van der Waals surface area contributed by atoms with E-state index in [-0.39, 0.29) is 11.1 Å². The number of nitriles is 1. The molecule has 1 aliphatic rings.